The second-order valence-electron chi connectivity index (χ2n) is 6.83. The first kappa shape index (κ1) is 21.9. The molecule has 31 heavy (non-hydrogen) atoms. The summed E-state index contributed by atoms with van der Waals surface area (Å²) in [7, 11) is 1.54. The molecule has 0 aliphatic carbocycles. The van der Waals surface area contributed by atoms with Crippen molar-refractivity contribution in [1.29, 1.82) is 0 Å². The van der Waals surface area contributed by atoms with Gasteiger partial charge in [-0.15, -0.1) is 0 Å². The van der Waals surface area contributed by atoms with Crippen molar-refractivity contribution in [2.75, 3.05) is 26.8 Å². The topological polar surface area (TPSA) is 76.7 Å². The van der Waals surface area contributed by atoms with Gasteiger partial charge in [0.15, 0.2) is 18.1 Å². The van der Waals surface area contributed by atoms with Gasteiger partial charge >= 0.3 is 0 Å². The van der Waals surface area contributed by atoms with E-state index in [1.807, 2.05) is 66.7 Å². The third-order valence-electron chi connectivity index (χ3n) is 4.70. The molecule has 0 unspecified atom stereocenters. The number of amides is 2. The van der Waals surface area contributed by atoms with Crippen molar-refractivity contribution in [2.45, 2.75) is 5.92 Å². The van der Waals surface area contributed by atoms with E-state index < -0.39 is 5.92 Å². The van der Waals surface area contributed by atoms with Crippen LogP contribution in [0.4, 0.5) is 0 Å². The van der Waals surface area contributed by atoms with Gasteiger partial charge in [-0.2, -0.15) is 0 Å². The first-order valence-electron chi connectivity index (χ1n) is 10.1. The molecule has 0 atom stereocenters. The van der Waals surface area contributed by atoms with E-state index in [9.17, 15) is 9.59 Å². The molecule has 6 nitrogen and oxygen atoms in total. The predicted octanol–water partition coefficient (Wildman–Crippen LogP) is 3.14. The second-order valence-corrected chi connectivity index (χ2v) is 6.83. The van der Waals surface area contributed by atoms with Crippen LogP contribution in [0, 0.1) is 0 Å². The summed E-state index contributed by atoms with van der Waals surface area (Å²) in [6.07, 6.45) is 0. The maximum absolute atomic E-state index is 12.9. The molecule has 0 spiro atoms. The van der Waals surface area contributed by atoms with E-state index in [-0.39, 0.29) is 18.4 Å². The number of hydrogen-bond donors (Lipinski definition) is 2. The molecule has 0 aromatic heterocycles. The van der Waals surface area contributed by atoms with Crippen molar-refractivity contribution >= 4 is 11.8 Å². The van der Waals surface area contributed by atoms with E-state index in [1.165, 1.54) is 0 Å². The highest BCUT2D eigenvalue weighted by Crippen LogP contribution is 2.26. The third kappa shape index (κ3) is 6.34. The summed E-state index contributed by atoms with van der Waals surface area (Å²) in [5, 5.41) is 5.66. The Bertz CT molecular complexity index is 938. The van der Waals surface area contributed by atoms with Gasteiger partial charge in [0.2, 0.25) is 5.91 Å². The third-order valence-corrected chi connectivity index (χ3v) is 4.70. The summed E-state index contributed by atoms with van der Waals surface area (Å²) in [5.74, 6) is 0.268. The van der Waals surface area contributed by atoms with E-state index in [2.05, 4.69) is 10.6 Å². The maximum Gasteiger partial charge on any atom is 0.258 e. The Kier molecular flexibility index (Phi) is 8.05. The number of carbonyl (C=O) groups excluding carboxylic acids is 2. The van der Waals surface area contributed by atoms with Crippen molar-refractivity contribution in [2.24, 2.45) is 0 Å². The molecule has 0 aliphatic rings. The fourth-order valence-electron chi connectivity index (χ4n) is 3.21. The zero-order valence-electron chi connectivity index (χ0n) is 17.4. The minimum absolute atomic E-state index is 0.114. The summed E-state index contributed by atoms with van der Waals surface area (Å²) in [6.45, 7) is 0.483. The number of ether oxygens (including phenoxy) is 2. The second kappa shape index (κ2) is 11.4. The van der Waals surface area contributed by atoms with Crippen LogP contribution in [-0.4, -0.2) is 38.6 Å². The van der Waals surface area contributed by atoms with Gasteiger partial charge in [0.05, 0.1) is 13.0 Å². The van der Waals surface area contributed by atoms with Gasteiger partial charge in [-0.25, -0.2) is 0 Å². The van der Waals surface area contributed by atoms with Gasteiger partial charge < -0.3 is 20.1 Å². The standard InChI is InChI=1S/C25H26N2O4/c1-30-21-14-8-9-15-22(21)31-18-23(28)26-16-17-27-25(29)24(19-10-4-2-5-11-19)20-12-6-3-7-13-20/h2-15,24H,16-18H2,1H3,(H,26,28)(H,27,29). The molecule has 3 aromatic rings. The van der Waals surface area contributed by atoms with Crippen molar-refractivity contribution < 1.29 is 19.1 Å². The Hall–Kier alpha value is -3.80. The van der Waals surface area contributed by atoms with Crippen molar-refractivity contribution in [3.8, 4) is 11.5 Å². The van der Waals surface area contributed by atoms with Gasteiger partial charge in [-0.3, -0.25) is 9.59 Å². The molecule has 0 bridgehead atoms. The molecule has 3 aromatic carbocycles. The van der Waals surface area contributed by atoms with Crippen LogP contribution in [0.3, 0.4) is 0 Å². The van der Waals surface area contributed by atoms with Gasteiger partial charge in [0.1, 0.15) is 0 Å². The minimum Gasteiger partial charge on any atom is -0.493 e. The number of benzene rings is 3. The summed E-state index contributed by atoms with van der Waals surface area (Å²) in [5.41, 5.74) is 1.83. The van der Waals surface area contributed by atoms with Crippen LogP contribution in [0.1, 0.15) is 17.0 Å². The Morgan fingerprint density at radius 2 is 1.26 bits per heavy atom. The number of hydrogen-bond acceptors (Lipinski definition) is 4. The molecule has 160 valence electrons. The zero-order chi connectivity index (χ0) is 21.9. The zero-order valence-corrected chi connectivity index (χ0v) is 17.4. The molecule has 3 rings (SSSR count). The average molecular weight is 418 g/mol. The molecule has 0 heterocycles. The molecular formula is C25H26N2O4. The number of nitrogens with one attached hydrogen (secondary N) is 2. The highest BCUT2D eigenvalue weighted by Gasteiger charge is 2.22. The van der Waals surface area contributed by atoms with Crippen LogP contribution in [-0.2, 0) is 9.59 Å². The normalized spacial score (nSPS) is 10.4. The van der Waals surface area contributed by atoms with Gasteiger partial charge in [0, 0.05) is 13.1 Å². The predicted molar refractivity (Wildman–Crippen MR) is 119 cm³/mol. The van der Waals surface area contributed by atoms with Gasteiger partial charge in [-0.1, -0.05) is 72.8 Å². The number of rotatable bonds is 10. The fourth-order valence-corrected chi connectivity index (χ4v) is 3.21. The Balaban J connectivity index is 1.48. The lowest BCUT2D eigenvalue weighted by Crippen LogP contribution is -2.38. The summed E-state index contributed by atoms with van der Waals surface area (Å²) < 4.78 is 10.7. The van der Waals surface area contributed by atoms with Gasteiger partial charge in [0.25, 0.3) is 5.91 Å². The largest absolute Gasteiger partial charge is 0.493 e. The monoisotopic (exact) mass is 418 g/mol. The number of para-hydroxylation sites is 2. The summed E-state index contributed by atoms with van der Waals surface area (Å²) >= 11 is 0. The SMILES string of the molecule is COc1ccccc1OCC(=O)NCCNC(=O)C(c1ccccc1)c1ccccc1. The van der Waals surface area contributed by atoms with E-state index in [0.29, 0.717) is 24.6 Å². The molecule has 0 saturated carbocycles. The van der Waals surface area contributed by atoms with Crippen molar-refractivity contribution in [1.82, 2.24) is 10.6 Å². The van der Waals surface area contributed by atoms with Gasteiger partial charge in [-0.05, 0) is 23.3 Å². The molecule has 0 fully saturated rings. The summed E-state index contributed by atoms with van der Waals surface area (Å²) in [4.78, 5) is 25.0. The lowest BCUT2D eigenvalue weighted by atomic mass is 9.90. The number of carbonyl (C=O) groups is 2. The van der Waals surface area contributed by atoms with E-state index in [0.717, 1.165) is 11.1 Å². The fraction of sp³-hybridized carbons (Fsp3) is 0.200. The smallest absolute Gasteiger partial charge is 0.258 e. The van der Waals surface area contributed by atoms with E-state index in [1.54, 1.807) is 25.3 Å². The van der Waals surface area contributed by atoms with Crippen molar-refractivity contribution in [3.63, 3.8) is 0 Å². The van der Waals surface area contributed by atoms with E-state index in [4.69, 9.17) is 9.47 Å². The Morgan fingerprint density at radius 1 is 0.742 bits per heavy atom. The minimum atomic E-state index is -0.410. The Morgan fingerprint density at radius 3 is 1.84 bits per heavy atom. The molecule has 6 heteroatoms. The lowest BCUT2D eigenvalue weighted by Gasteiger charge is -2.18. The lowest BCUT2D eigenvalue weighted by molar-refractivity contribution is -0.124. The molecule has 0 saturated heterocycles. The average Bonchev–Trinajstić information content (AvgIpc) is 2.82. The van der Waals surface area contributed by atoms with Crippen LogP contribution < -0.4 is 20.1 Å². The maximum atomic E-state index is 12.9. The molecule has 2 amide bonds. The highest BCUT2D eigenvalue weighted by molar-refractivity contribution is 5.87. The van der Waals surface area contributed by atoms with E-state index >= 15 is 0 Å². The first-order chi connectivity index (χ1) is 15.2. The van der Waals surface area contributed by atoms with Crippen LogP contribution in [0.2, 0.25) is 0 Å². The quantitative estimate of drug-likeness (QED) is 0.496. The van der Waals surface area contributed by atoms with Crippen LogP contribution in [0.5, 0.6) is 11.5 Å². The van der Waals surface area contributed by atoms with Crippen molar-refractivity contribution in [3.05, 3.63) is 96.1 Å². The molecule has 2 N–H and O–H groups in total. The summed E-state index contributed by atoms with van der Waals surface area (Å²) in [6, 6.07) is 26.4. The van der Waals surface area contributed by atoms with Crippen LogP contribution in [0.15, 0.2) is 84.9 Å². The van der Waals surface area contributed by atoms with Crippen LogP contribution >= 0.6 is 0 Å². The van der Waals surface area contributed by atoms with Crippen LogP contribution in [0.25, 0.3) is 0 Å². The molecule has 0 radical (unpaired) electrons. The highest BCUT2D eigenvalue weighted by atomic mass is 16.5. The molecule has 0 aliphatic heterocycles. The Labute approximate surface area is 182 Å². The number of methoxy groups -OCH3 is 1. The molecular weight excluding hydrogens is 392 g/mol. The first-order valence-corrected chi connectivity index (χ1v) is 10.1.